The molecular formula is C14H19NO. The molecular weight excluding hydrogens is 198 g/mol. The number of benzene rings is 1. The van der Waals surface area contributed by atoms with E-state index in [1.165, 1.54) is 10.9 Å². The molecule has 0 radical (unpaired) electrons. The lowest BCUT2D eigenvalue weighted by atomic mass is 10.1. The zero-order valence-electron chi connectivity index (χ0n) is 10.2. The first-order chi connectivity index (χ1) is 7.76. The van der Waals surface area contributed by atoms with Crippen LogP contribution in [0.2, 0.25) is 0 Å². The number of fused-ring (bicyclic) bond motifs is 1. The molecule has 2 heteroatoms. The van der Waals surface area contributed by atoms with Gasteiger partial charge in [0.2, 0.25) is 0 Å². The van der Waals surface area contributed by atoms with E-state index in [9.17, 15) is 0 Å². The van der Waals surface area contributed by atoms with Gasteiger partial charge in [0.15, 0.2) is 0 Å². The molecule has 0 saturated heterocycles. The third-order valence-electron chi connectivity index (χ3n) is 2.96. The van der Waals surface area contributed by atoms with Gasteiger partial charge < -0.3 is 9.73 Å². The van der Waals surface area contributed by atoms with Gasteiger partial charge in [0.1, 0.15) is 11.3 Å². The molecule has 16 heavy (non-hydrogen) atoms. The highest BCUT2D eigenvalue weighted by Crippen LogP contribution is 2.26. The van der Waals surface area contributed by atoms with Crippen LogP contribution in [0.5, 0.6) is 0 Å². The molecule has 2 aromatic rings. The molecule has 1 heterocycles. The standard InChI is InChI=1S/C14H19NO/c1-4-11-7-6-8-12-9-13(16-14(11)12)10(3)15-5-2/h6-10,15H,4-5H2,1-3H3. The van der Waals surface area contributed by atoms with Crippen LogP contribution in [-0.2, 0) is 6.42 Å². The van der Waals surface area contributed by atoms with Gasteiger partial charge in [-0.1, -0.05) is 32.0 Å². The largest absolute Gasteiger partial charge is 0.459 e. The minimum Gasteiger partial charge on any atom is -0.459 e. The molecule has 86 valence electrons. The van der Waals surface area contributed by atoms with E-state index in [2.05, 4.69) is 50.4 Å². The monoisotopic (exact) mass is 217 g/mol. The number of hydrogen-bond acceptors (Lipinski definition) is 2. The predicted molar refractivity (Wildman–Crippen MR) is 67.7 cm³/mol. The smallest absolute Gasteiger partial charge is 0.137 e. The van der Waals surface area contributed by atoms with Crippen molar-refractivity contribution in [3.05, 3.63) is 35.6 Å². The Labute approximate surface area is 96.6 Å². The van der Waals surface area contributed by atoms with Crippen molar-refractivity contribution >= 4 is 11.0 Å². The van der Waals surface area contributed by atoms with E-state index < -0.39 is 0 Å². The second-order valence-corrected chi connectivity index (χ2v) is 4.12. The van der Waals surface area contributed by atoms with Crippen LogP contribution < -0.4 is 5.32 Å². The first-order valence-corrected chi connectivity index (χ1v) is 6.01. The summed E-state index contributed by atoms with van der Waals surface area (Å²) in [7, 11) is 0. The summed E-state index contributed by atoms with van der Waals surface area (Å²) in [5, 5.41) is 4.57. The van der Waals surface area contributed by atoms with Crippen molar-refractivity contribution in [2.75, 3.05) is 6.54 Å². The van der Waals surface area contributed by atoms with E-state index in [0.717, 1.165) is 24.3 Å². The summed E-state index contributed by atoms with van der Waals surface area (Å²) >= 11 is 0. The lowest BCUT2D eigenvalue weighted by molar-refractivity contribution is 0.458. The second-order valence-electron chi connectivity index (χ2n) is 4.12. The molecule has 1 aromatic carbocycles. The number of rotatable bonds is 4. The average Bonchev–Trinajstić information content (AvgIpc) is 2.72. The fraction of sp³-hybridized carbons (Fsp3) is 0.429. The zero-order valence-corrected chi connectivity index (χ0v) is 10.2. The minimum atomic E-state index is 0.280. The molecule has 1 unspecified atom stereocenters. The first-order valence-electron chi connectivity index (χ1n) is 6.01. The first kappa shape index (κ1) is 11.2. The highest BCUT2D eigenvalue weighted by Gasteiger charge is 2.11. The number of aryl methyl sites for hydroxylation is 1. The summed E-state index contributed by atoms with van der Waals surface area (Å²) in [6.07, 6.45) is 1.01. The summed E-state index contributed by atoms with van der Waals surface area (Å²) in [5.74, 6) is 1.03. The van der Waals surface area contributed by atoms with Crippen LogP contribution in [-0.4, -0.2) is 6.54 Å². The fourth-order valence-corrected chi connectivity index (χ4v) is 2.04. The lowest BCUT2D eigenvalue weighted by Gasteiger charge is -2.07. The number of hydrogen-bond donors (Lipinski definition) is 1. The number of para-hydroxylation sites is 1. The van der Waals surface area contributed by atoms with Crippen LogP contribution in [0.1, 0.15) is 38.1 Å². The van der Waals surface area contributed by atoms with E-state index in [1.54, 1.807) is 0 Å². The van der Waals surface area contributed by atoms with Crippen LogP contribution >= 0.6 is 0 Å². The maximum absolute atomic E-state index is 5.94. The van der Waals surface area contributed by atoms with Crippen LogP contribution in [0, 0.1) is 0 Å². The maximum Gasteiger partial charge on any atom is 0.137 e. The molecule has 2 rings (SSSR count). The zero-order chi connectivity index (χ0) is 11.5. The SMILES string of the molecule is CCNC(C)c1cc2cccc(CC)c2o1. The topological polar surface area (TPSA) is 25.2 Å². The second kappa shape index (κ2) is 4.71. The third kappa shape index (κ3) is 1.98. The molecule has 0 amide bonds. The molecule has 0 aliphatic carbocycles. The molecule has 0 aliphatic heterocycles. The lowest BCUT2D eigenvalue weighted by Crippen LogP contribution is -2.16. The Kier molecular flexibility index (Phi) is 3.30. The van der Waals surface area contributed by atoms with Gasteiger partial charge in [-0.05, 0) is 31.5 Å². The fourth-order valence-electron chi connectivity index (χ4n) is 2.04. The van der Waals surface area contributed by atoms with E-state index in [-0.39, 0.29) is 6.04 Å². The van der Waals surface area contributed by atoms with E-state index in [1.807, 2.05) is 0 Å². The number of nitrogens with one attached hydrogen (secondary N) is 1. The summed E-state index contributed by atoms with van der Waals surface area (Å²) in [6, 6.07) is 8.76. The van der Waals surface area contributed by atoms with Crippen molar-refractivity contribution in [1.29, 1.82) is 0 Å². The summed E-state index contributed by atoms with van der Waals surface area (Å²) in [6.45, 7) is 7.35. The summed E-state index contributed by atoms with van der Waals surface area (Å²) in [4.78, 5) is 0. The van der Waals surface area contributed by atoms with E-state index in [0.29, 0.717) is 0 Å². The van der Waals surface area contributed by atoms with Crippen LogP contribution in [0.4, 0.5) is 0 Å². The Morgan fingerprint density at radius 3 is 2.81 bits per heavy atom. The van der Waals surface area contributed by atoms with Crippen LogP contribution in [0.25, 0.3) is 11.0 Å². The highest BCUT2D eigenvalue weighted by molar-refractivity contribution is 5.81. The normalized spacial score (nSPS) is 13.2. The van der Waals surface area contributed by atoms with Crippen molar-refractivity contribution in [3.8, 4) is 0 Å². The van der Waals surface area contributed by atoms with Crippen molar-refractivity contribution in [2.45, 2.75) is 33.2 Å². The quantitative estimate of drug-likeness (QED) is 0.845. The van der Waals surface area contributed by atoms with Crippen LogP contribution in [0.3, 0.4) is 0 Å². The Balaban J connectivity index is 2.43. The van der Waals surface area contributed by atoms with Gasteiger partial charge in [-0.2, -0.15) is 0 Å². The summed E-state index contributed by atoms with van der Waals surface area (Å²) < 4.78 is 5.94. The predicted octanol–water partition coefficient (Wildman–Crippen LogP) is 3.67. The molecule has 1 atom stereocenters. The third-order valence-corrected chi connectivity index (χ3v) is 2.96. The van der Waals surface area contributed by atoms with Gasteiger partial charge in [-0.25, -0.2) is 0 Å². The molecule has 0 spiro atoms. The average molecular weight is 217 g/mol. The van der Waals surface area contributed by atoms with E-state index >= 15 is 0 Å². The minimum absolute atomic E-state index is 0.280. The molecule has 1 N–H and O–H groups in total. The number of furan rings is 1. The van der Waals surface area contributed by atoms with Crippen LogP contribution in [0.15, 0.2) is 28.7 Å². The molecule has 0 fully saturated rings. The molecule has 1 aromatic heterocycles. The Morgan fingerprint density at radius 1 is 1.31 bits per heavy atom. The van der Waals surface area contributed by atoms with Gasteiger partial charge in [0.25, 0.3) is 0 Å². The van der Waals surface area contributed by atoms with Gasteiger partial charge >= 0.3 is 0 Å². The maximum atomic E-state index is 5.94. The van der Waals surface area contributed by atoms with Crippen molar-refractivity contribution in [3.63, 3.8) is 0 Å². The van der Waals surface area contributed by atoms with Gasteiger partial charge in [0.05, 0.1) is 6.04 Å². The molecule has 0 aliphatic rings. The Hall–Kier alpha value is -1.28. The van der Waals surface area contributed by atoms with Gasteiger partial charge in [-0.15, -0.1) is 0 Å². The molecule has 2 nitrogen and oxygen atoms in total. The Morgan fingerprint density at radius 2 is 2.12 bits per heavy atom. The van der Waals surface area contributed by atoms with Gasteiger partial charge in [-0.3, -0.25) is 0 Å². The highest BCUT2D eigenvalue weighted by atomic mass is 16.3. The molecule has 0 saturated carbocycles. The Bertz CT molecular complexity index is 473. The summed E-state index contributed by atoms with van der Waals surface area (Å²) in [5.41, 5.74) is 2.33. The van der Waals surface area contributed by atoms with Crippen molar-refractivity contribution in [1.82, 2.24) is 5.32 Å². The van der Waals surface area contributed by atoms with E-state index in [4.69, 9.17) is 4.42 Å². The van der Waals surface area contributed by atoms with Crippen molar-refractivity contribution < 1.29 is 4.42 Å². The van der Waals surface area contributed by atoms with Crippen molar-refractivity contribution in [2.24, 2.45) is 0 Å². The van der Waals surface area contributed by atoms with Gasteiger partial charge in [0, 0.05) is 5.39 Å². The molecule has 0 bridgehead atoms.